The van der Waals surface area contributed by atoms with E-state index in [0.717, 1.165) is 41.9 Å². The van der Waals surface area contributed by atoms with Crippen molar-refractivity contribution >= 4 is 34.2 Å². The molecule has 0 spiro atoms. The van der Waals surface area contributed by atoms with Gasteiger partial charge in [0, 0.05) is 55.5 Å². The fourth-order valence-electron chi connectivity index (χ4n) is 3.82. The highest BCUT2D eigenvalue weighted by atomic mass is 35.5. The molecule has 0 radical (unpaired) electrons. The van der Waals surface area contributed by atoms with Gasteiger partial charge in [-0.1, -0.05) is 23.7 Å². The van der Waals surface area contributed by atoms with Crippen molar-refractivity contribution in [1.82, 2.24) is 19.8 Å². The third-order valence-electron chi connectivity index (χ3n) is 5.49. The van der Waals surface area contributed by atoms with E-state index in [1.807, 2.05) is 50.3 Å². The van der Waals surface area contributed by atoms with E-state index >= 15 is 0 Å². The molecule has 0 saturated carbocycles. The van der Waals surface area contributed by atoms with Crippen molar-refractivity contribution in [1.29, 1.82) is 0 Å². The van der Waals surface area contributed by atoms with Gasteiger partial charge >= 0.3 is 0 Å². The van der Waals surface area contributed by atoms with Crippen molar-refractivity contribution in [2.75, 3.05) is 45.2 Å². The van der Waals surface area contributed by atoms with Crippen LogP contribution in [0, 0.1) is 6.92 Å². The molecule has 0 aliphatic carbocycles. The predicted octanol–water partition coefficient (Wildman–Crippen LogP) is 3.62. The molecule has 1 aliphatic heterocycles. The number of carbonyl (C=O) groups excluding carboxylic acids is 1. The SMILES string of the molecule is Cc1c(Cl)ccc2cc(C(=O)N3CCN(c4ccc(CN(C)C)cn4)CC3)cnc12. The first-order chi connectivity index (χ1) is 14.4. The Morgan fingerprint density at radius 1 is 1.07 bits per heavy atom. The van der Waals surface area contributed by atoms with Crippen molar-refractivity contribution in [2.24, 2.45) is 0 Å². The first kappa shape index (κ1) is 20.6. The monoisotopic (exact) mass is 423 g/mol. The van der Waals surface area contributed by atoms with Gasteiger partial charge < -0.3 is 14.7 Å². The Kier molecular flexibility index (Phi) is 5.88. The van der Waals surface area contributed by atoms with Crippen molar-refractivity contribution < 1.29 is 4.79 Å². The van der Waals surface area contributed by atoms with Crippen LogP contribution in [0.25, 0.3) is 10.9 Å². The third-order valence-corrected chi connectivity index (χ3v) is 5.90. The average molecular weight is 424 g/mol. The Labute approximate surface area is 182 Å². The summed E-state index contributed by atoms with van der Waals surface area (Å²) in [6.07, 6.45) is 3.59. The second-order valence-corrected chi connectivity index (χ2v) is 8.42. The number of halogens is 1. The zero-order valence-electron chi connectivity index (χ0n) is 17.6. The summed E-state index contributed by atoms with van der Waals surface area (Å²) < 4.78 is 0. The first-order valence-corrected chi connectivity index (χ1v) is 10.5. The highest BCUT2D eigenvalue weighted by Gasteiger charge is 2.23. The summed E-state index contributed by atoms with van der Waals surface area (Å²) in [7, 11) is 4.09. The molecule has 6 nitrogen and oxygen atoms in total. The smallest absolute Gasteiger partial charge is 0.255 e. The molecule has 1 aromatic carbocycles. The summed E-state index contributed by atoms with van der Waals surface area (Å²) in [5.74, 6) is 0.982. The summed E-state index contributed by atoms with van der Waals surface area (Å²) in [4.78, 5) is 28.4. The molecule has 4 rings (SSSR count). The van der Waals surface area contributed by atoms with E-state index in [1.54, 1.807) is 6.20 Å². The topological polar surface area (TPSA) is 52.6 Å². The van der Waals surface area contributed by atoms with Crippen LogP contribution in [0.3, 0.4) is 0 Å². The molecule has 7 heteroatoms. The Morgan fingerprint density at radius 3 is 2.50 bits per heavy atom. The normalized spacial score (nSPS) is 14.6. The average Bonchev–Trinajstić information content (AvgIpc) is 2.76. The van der Waals surface area contributed by atoms with E-state index in [1.165, 1.54) is 5.56 Å². The van der Waals surface area contributed by atoms with Gasteiger partial charge in [0.2, 0.25) is 0 Å². The van der Waals surface area contributed by atoms with Crippen LogP contribution >= 0.6 is 11.6 Å². The standard InChI is InChI=1S/C23H26ClN5O/c1-16-20(24)6-5-18-12-19(14-26-22(16)18)23(30)29-10-8-28(9-11-29)21-7-4-17(13-25-21)15-27(2)3/h4-7,12-14H,8-11,15H2,1-3H3. The summed E-state index contributed by atoms with van der Waals surface area (Å²) in [6, 6.07) is 9.86. The molecule has 0 N–H and O–H groups in total. The van der Waals surface area contributed by atoms with Gasteiger partial charge in [0.15, 0.2) is 0 Å². The van der Waals surface area contributed by atoms with Crippen molar-refractivity contribution in [3.63, 3.8) is 0 Å². The number of aromatic nitrogens is 2. The van der Waals surface area contributed by atoms with E-state index in [0.29, 0.717) is 23.7 Å². The predicted molar refractivity (Wildman–Crippen MR) is 121 cm³/mol. The fraction of sp³-hybridized carbons (Fsp3) is 0.348. The summed E-state index contributed by atoms with van der Waals surface area (Å²) in [5, 5.41) is 1.62. The second kappa shape index (κ2) is 8.58. The number of carbonyl (C=O) groups is 1. The highest BCUT2D eigenvalue weighted by molar-refractivity contribution is 6.32. The number of aryl methyl sites for hydroxylation is 1. The molecule has 1 aliphatic rings. The maximum atomic E-state index is 13.0. The molecule has 30 heavy (non-hydrogen) atoms. The largest absolute Gasteiger partial charge is 0.353 e. The molecule has 1 saturated heterocycles. The molecule has 2 aromatic heterocycles. The van der Waals surface area contributed by atoms with Gasteiger partial charge in [-0.2, -0.15) is 0 Å². The van der Waals surface area contributed by atoms with Crippen molar-refractivity contribution in [3.8, 4) is 0 Å². The third kappa shape index (κ3) is 4.25. The van der Waals surface area contributed by atoms with Crippen LogP contribution < -0.4 is 4.90 Å². The molecule has 3 heterocycles. The molecule has 156 valence electrons. The molecule has 0 bridgehead atoms. The van der Waals surface area contributed by atoms with Gasteiger partial charge in [-0.05, 0) is 50.3 Å². The number of anilines is 1. The number of benzene rings is 1. The zero-order valence-corrected chi connectivity index (χ0v) is 18.4. The quantitative estimate of drug-likeness (QED) is 0.641. The summed E-state index contributed by atoms with van der Waals surface area (Å²) >= 11 is 6.18. The minimum atomic E-state index is 0.0194. The Morgan fingerprint density at radius 2 is 1.83 bits per heavy atom. The minimum Gasteiger partial charge on any atom is -0.353 e. The number of hydrogen-bond acceptors (Lipinski definition) is 5. The van der Waals surface area contributed by atoms with E-state index in [9.17, 15) is 4.79 Å². The molecular weight excluding hydrogens is 398 g/mol. The zero-order chi connectivity index (χ0) is 21.3. The Hall–Kier alpha value is -2.70. The van der Waals surface area contributed by atoms with Crippen molar-refractivity contribution in [2.45, 2.75) is 13.5 Å². The van der Waals surface area contributed by atoms with Crippen LogP contribution in [0.15, 0.2) is 42.7 Å². The Balaban J connectivity index is 1.42. The maximum Gasteiger partial charge on any atom is 0.255 e. The van der Waals surface area contributed by atoms with Gasteiger partial charge in [0.25, 0.3) is 5.91 Å². The highest BCUT2D eigenvalue weighted by Crippen LogP contribution is 2.25. The van der Waals surface area contributed by atoms with E-state index in [-0.39, 0.29) is 5.91 Å². The molecule has 1 amide bonds. The minimum absolute atomic E-state index is 0.0194. The van der Waals surface area contributed by atoms with E-state index in [2.05, 4.69) is 31.9 Å². The van der Waals surface area contributed by atoms with Crippen LogP contribution in [-0.2, 0) is 6.54 Å². The molecule has 3 aromatic rings. The summed E-state index contributed by atoms with van der Waals surface area (Å²) in [6.45, 7) is 5.68. The number of piperazine rings is 1. The summed E-state index contributed by atoms with van der Waals surface area (Å²) in [5.41, 5.74) is 3.58. The van der Waals surface area contributed by atoms with Gasteiger partial charge in [-0.15, -0.1) is 0 Å². The lowest BCUT2D eigenvalue weighted by Crippen LogP contribution is -2.49. The van der Waals surface area contributed by atoms with Gasteiger partial charge in [-0.25, -0.2) is 4.98 Å². The first-order valence-electron chi connectivity index (χ1n) is 10.1. The van der Waals surface area contributed by atoms with Gasteiger partial charge in [-0.3, -0.25) is 9.78 Å². The van der Waals surface area contributed by atoms with Crippen LogP contribution in [-0.4, -0.2) is 65.9 Å². The molecule has 0 unspecified atom stereocenters. The number of hydrogen-bond donors (Lipinski definition) is 0. The maximum absolute atomic E-state index is 13.0. The van der Waals surface area contributed by atoms with Crippen molar-refractivity contribution in [3.05, 3.63) is 64.4 Å². The lowest BCUT2D eigenvalue weighted by molar-refractivity contribution is 0.0746. The number of nitrogens with zero attached hydrogens (tertiary/aromatic N) is 5. The fourth-order valence-corrected chi connectivity index (χ4v) is 3.98. The van der Waals surface area contributed by atoms with E-state index < -0.39 is 0 Å². The number of amides is 1. The lowest BCUT2D eigenvalue weighted by atomic mass is 10.1. The number of fused-ring (bicyclic) bond motifs is 1. The Bertz CT molecular complexity index is 1060. The second-order valence-electron chi connectivity index (χ2n) is 8.01. The molecule has 1 fully saturated rings. The number of pyridine rings is 2. The van der Waals surface area contributed by atoms with Crippen LogP contribution in [0.2, 0.25) is 5.02 Å². The van der Waals surface area contributed by atoms with Crippen LogP contribution in [0.1, 0.15) is 21.5 Å². The number of rotatable bonds is 4. The van der Waals surface area contributed by atoms with E-state index in [4.69, 9.17) is 11.6 Å². The lowest BCUT2D eigenvalue weighted by Gasteiger charge is -2.35. The van der Waals surface area contributed by atoms with Crippen LogP contribution in [0.4, 0.5) is 5.82 Å². The molecule has 0 atom stereocenters. The molecular formula is C23H26ClN5O. The van der Waals surface area contributed by atoms with Gasteiger partial charge in [0.05, 0.1) is 11.1 Å². The van der Waals surface area contributed by atoms with Crippen LogP contribution in [0.5, 0.6) is 0 Å². The van der Waals surface area contributed by atoms with Gasteiger partial charge in [0.1, 0.15) is 5.82 Å².